The average Bonchev–Trinajstić information content (AvgIpc) is 2.37. The molecule has 3 N–H and O–H groups in total. The van der Waals surface area contributed by atoms with E-state index in [1.807, 2.05) is 0 Å². The first kappa shape index (κ1) is 16.7. The molecule has 0 aromatic heterocycles. The molecule has 2 nitrogen and oxygen atoms in total. The fraction of sp³-hybridized carbons (Fsp3) is 0.600. The first-order valence-corrected chi connectivity index (χ1v) is 7.11. The van der Waals surface area contributed by atoms with Crippen molar-refractivity contribution in [1.82, 2.24) is 0 Å². The number of nitrogens with two attached hydrogens (primary N) is 1. The van der Waals surface area contributed by atoms with E-state index in [0.29, 0.717) is 5.69 Å². The molecule has 0 heterocycles. The van der Waals surface area contributed by atoms with Crippen molar-refractivity contribution in [3.05, 3.63) is 23.8 Å². The molecule has 20 heavy (non-hydrogen) atoms. The molecule has 0 radical (unpaired) electrons. The van der Waals surface area contributed by atoms with Crippen molar-refractivity contribution < 1.29 is 13.2 Å². The molecule has 0 bridgehead atoms. The molecule has 5 heteroatoms. The van der Waals surface area contributed by atoms with E-state index in [9.17, 15) is 13.2 Å². The van der Waals surface area contributed by atoms with Crippen LogP contribution in [0.15, 0.2) is 18.2 Å². The Morgan fingerprint density at radius 1 is 1.15 bits per heavy atom. The second-order valence-electron chi connectivity index (χ2n) is 5.07. The Morgan fingerprint density at radius 3 is 2.35 bits per heavy atom. The van der Waals surface area contributed by atoms with Gasteiger partial charge in [0.1, 0.15) is 0 Å². The van der Waals surface area contributed by atoms with Crippen LogP contribution in [0, 0.1) is 0 Å². The van der Waals surface area contributed by atoms with Gasteiger partial charge < -0.3 is 11.1 Å². The smallest absolute Gasteiger partial charge is 0.397 e. The largest absolute Gasteiger partial charge is 0.416 e. The van der Waals surface area contributed by atoms with Crippen molar-refractivity contribution in [1.29, 1.82) is 0 Å². The van der Waals surface area contributed by atoms with Crippen LogP contribution in [-0.2, 0) is 6.18 Å². The standard InChI is InChI=1S/C15H23F3N2/c1-3-5-7-12(6-4-2)20-14-9-8-11(10-13(14)19)15(16,17)18/h8-10,12,20H,3-7,19H2,1-2H3. The summed E-state index contributed by atoms with van der Waals surface area (Å²) in [7, 11) is 0. The molecule has 114 valence electrons. The maximum atomic E-state index is 12.6. The van der Waals surface area contributed by atoms with Gasteiger partial charge in [-0.1, -0.05) is 33.1 Å². The monoisotopic (exact) mass is 288 g/mol. The van der Waals surface area contributed by atoms with Gasteiger partial charge in [-0.15, -0.1) is 0 Å². The predicted octanol–water partition coefficient (Wildman–Crippen LogP) is 5.06. The molecule has 0 saturated heterocycles. The summed E-state index contributed by atoms with van der Waals surface area (Å²) in [5, 5.41) is 3.27. The van der Waals surface area contributed by atoms with Gasteiger partial charge >= 0.3 is 6.18 Å². The van der Waals surface area contributed by atoms with Crippen LogP contribution in [0.2, 0.25) is 0 Å². The maximum absolute atomic E-state index is 12.6. The number of nitrogen functional groups attached to an aromatic ring is 1. The number of hydrogen-bond donors (Lipinski definition) is 2. The van der Waals surface area contributed by atoms with E-state index in [2.05, 4.69) is 19.2 Å². The number of benzene rings is 1. The van der Waals surface area contributed by atoms with Gasteiger partial charge in [0.15, 0.2) is 0 Å². The van der Waals surface area contributed by atoms with Gasteiger partial charge in [-0.3, -0.25) is 0 Å². The molecule has 0 spiro atoms. The summed E-state index contributed by atoms with van der Waals surface area (Å²) in [6.07, 6.45) is 0.869. The van der Waals surface area contributed by atoms with Gasteiger partial charge in [-0.2, -0.15) is 13.2 Å². The first-order chi connectivity index (χ1) is 9.38. The highest BCUT2D eigenvalue weighted by Crippen LogP contribution is 2.33. The van der Waals surface area contributed by atoms with E-state index in [0.717, 1.165) is 44.2 Å². The second kappa shape index (κ2) is 7.41. The molecule has 1 unspecified atom stereocenters. The predicted molar refractivity (Wildman–Crippen MR) is 77.7 cm³/mol. The highest BCUT2D eigenvalue weighted by molar-refractivity contribution is 5.67. The summed E-state index contributed by atoms with van der Waals surface area (Å²) >= 11 is 0. The second-order valence-corrected chi connectivity index (χ2v) is 5.07. The molecule has 1 aromatic rings. The Kier molecular flexibility index (Phi) is 6.17. The van der Waals surface area contributed by atoms with Crippen molar-refractivity contribution in [2.45, 2.75) is 58.2 Å². The van der Waals surface area contributed by atoms with E-state index < -0.39 is 11.7 Å². The lowest BCUT2D eigenvalue weighted by Gasteiger charge is -2.21. The number of nitrogens with one attached hydrogen (secondary N) is 1. The molecule has 0 aliphatic rings. The topological polar surface area (TPSA) is 38.0 Å². The molecular weight excluding hydrogens is 265 g/mol. The minimum Gasteiger partial charge on any atom is -0.397 e. The summed E-state index contributed by atoms with van der Waals surface area (Å²) in [4.78, 5) is 0. The SMILES string of the molecule is CCCCC(CCC)Nc1ccc(C(F)(F)F)cc1N. The zero-order valence-electron chi connectivity index (χ0n) is 12.1. The number of alkyl halides is 3. The molecule has 1 rings (SSSR count). The molecular formula is C15H23F3N2. The van der Waals surface area contributed by atoms with Crippen molar-refractivity contribution in [3.8, 4) is 0 Å². The van der Waals surface area contributed by atoms with E-state index >= 15 is 0 Å². The van der Waals surface area contributed by atoms with E-state index in [1.165, 1.54) is 6.07 Å². The van der Waals surface area contributed by atoms with Gasteiger partial charge in [0.05, 0.1) is 16.9 Å². The van der Waals surface area contributed by atoms with Crippen molar-refractivity contribution in [2.24, 2.45) is 0 Å². The third kappa shape index (κ3) is 4.94. The Labute approximate surface area is 118 Å². The van der Waals surface area contributed by atoms with Crippen LogP contribution >= 0.6 is 0 Å². The molecule has 0 saturated carbocycles. The van der Waals surface area contributed by atoms with Crippen LogP contribution in [0.5, 0.6) is 0 Å². The van der Waals surface area contributed by atoms with Gasteiger partial charge in [-0.05, 0) is 31.0 Å². The average molecular weight is 288 g/mol. The molecule has 0 amide bonds. The minimum atomic E-state index is -4.35. The summed E-state index contributed by atoms with van der Waals surface area (Å²) < 4.78 is 37.7. The van der Waals surface area contributed by atoms with E-state index in [4.69, 9.17) is 5.73 Å². The zero-order chi connectivity index (χ0) is 15.2. The molecule has 1 aromatic carbocycles. The van der Waals surface area contributed by atoms with Crippen LogP contribution in [0.25, 0.3) is 0 Å². The molecule has 0 fully saturated rings. The van der Waals surface area contributed by atoms with E-state index in [1.54, 1.807) is 0 Å². The summed E-state index contributed by atoms with van der Waals surface area (Å²) in [5.74, 6) is 0. The Balaban J connectivity index is 2.80. The van der Waals surface area contributed by atoms with Gasteiger partial charge in [0.2, 0.25) is 0 Å². The molecule has 1 atom stereocenters. The fourth-order valence-corrected chi connectivity index (χ4v) is 2.18. The van der Waals surface area contributed by atoms with Crippen LogP contribution in [0.4, 0.5) is 24.5 Å². The number of anilines is 2. The third-order valence-electron chi connectivity index (χ3n) is 3.28. The quantitative estimate of drug-likeness (QED) is 0.688. The Morgan fingerprint density at radius 2 is 1.85 bits per heavy atom. The number of halogens is 3. The summed E-state index contributed by atoms with van der Waals surface area (Å²) in [5.41, 5.74) is 5.76. The van der Waals surface area contributed by atoms with Crippen molar-refractivity contribution in [2.75, 3.05) is 11.1 Å². The van der Waals surface area contributed by atoms with Crippen LogP contribution in [0.1, 0.15) is 51.5 Å². The van der Waals surface area contributed by atoms with Crippen molar-refractivity contribution in [3.63, 3.8) is 0 Å². The van der Waals surface area contributed by atoms with Crippen molar-refractivity contribution >= 4 is 11.4 Å². The Bertz CT molecular complexity index is 416. The lowest BCUT2D eigenvalue weighted by Crippen LogP contribution is -2.20. The van der Waals surface area contributed by atoms with Crippen LogP contribution in [0.3, 0.4) is 0 Å². The zero-order valence-corrected chi connectivity index (χ0v) is 12.1. The van der Waals surface area contributed by atoms with Crippen LogP contribution in [-0.4, -0.2) is 6.04 Å². The fourth-order valence-electron chi connectivity index (χ4n) is 2.18. The third-order valence-corrected chi connectivity index (χ3v) is 3.28. The lowest BCUT2D eigenvalue weighted by atomic mass is 10.0. The van der Waals surface area contributed by atoms with Crippen LogP contribution < -0.4 is 11.1 Å². The summed E-state index contributed by atoms with van der Waals surface area (Å²) in [6.45, 7) is 4.21. The number of unbranched alkanes of at least 4 members (excludes halogenated alkanes) is 1. The summed E-state index contributed by atoms with van der Waals surface area (Å²) in [6, 6.07) is 3.75. The highest BCUT2D eigenvalue weighted by atomic mass is 19.4. The number of rotatable bonds is 7. The van der Waals surface area contributed by atoms with Gasteiger partial charge in [0, 0.05) is 6.04 Å². The van der Waals surface area contributed by atoms with Gasteiger partial charge in [0.25, 0.3) is 0 Å². The maximum Gasteiger partial charge on any atom is 0.416 e. The minimum absolute atomic E-state index is 0.150. The first-order valence-electron chi connectivity index (χ1n) is 7.11. The molecule has 0 aliphatic carbocycles. The van der Waals surface area contributed by atoms with E-state index in [-0.39, 0.29) is 11.7 Å². The number of hydrogen-bond acceptors (Lipinski definition) is 2. The normalized spacial score (nSPS) is 13.2. The highest BCUT2D eigenvalue weighted by Gasteiger charge is 2.30. The Hall–Kier alpha value is -1.39. The van der Waals surface area contributed by atoms with Gasteiger partial charge in [-0.25, -0.2) is 0 Å². The molecule has 0 aliphatic heterocycles. The lowest BCUT2D eigenvalue weighted by molar-refractivity contribution is -0.137.